The third-order valence-corrected chi connectivity index (χ3v) is 3.00. The number of hydrogen-bond acceptors (Lipinski definition) is 2. The van der Waals surface area contributed by atoms with Crippen LogP contribution in [0.5, 0.6) is 0 Å². The zero-order valence-electron chi connectivity index (χ0n) is 10.1. The first-order chi connectivity index (χ1) is 8.18. The van der Waals surface area contributed by atoms with Gasteiger partial charge in [-0.1, -0.05) is 12.1 Å². The highest BCUT2D eigenvalue weighted by atomic mass is 14.6. The van der Waals surface area contributed by atoms with E-state index in [1.165, 1.54) is 22.3 Å². The van der Waals surface area contributed by atoms with Crippen molar-refractivity contribution in [2.45, 2.75) is 13.8 Å². The lowest BCUT2D eigenvalue weighted by Crippen LogP contribution is -1.89. The van der Waals surface area contributed by atoms with Crippen molar-refractivity contribution in [1.82, 2.24) is 4.98 Å². The largest absolute Gasteiger partial charge is 0.399 e. The quantitative estimate of drug-likeness (QED) is 0.791. The van der Waals surface area contributed by atoms with E-state index < -0.39 is 0 Å². The van der Waals surface area contributed by atoms with Gasteiger partial charge in [-0.15, -0.1) is 0 Å². The van der Waals surface area contributed by atoms with Gasteiger partial charge in [0.05, 0.1) is 0 Å². The topological polar surface area (TPSA) is 38.9 Å². The van der Waals surface area contributed by atoms with Gasteiger partial charge in [-0.2, -0.15) is 0 Å². The van der Waals surface area contributed by atoms with Gasteiger partial charge in [-0.3, -0.25) is 4.98 Å². The zero-order chi connectivity index (χ0) is 12.3. The van der Waals surface area contributed by atoms with Crippen LogP contribution in [0, 0.1) is 0 Å². The van der Waals surface area contributed by atoms with E-state index in [0.717, 1.165) is 5.69 Å². The molecule has 1 aromatic heterocycles. The molecule has 86 valence electrons. The Hall–Kier alpha value is -2.09. The molecule has 2 N–H and O–H groups in total. The summed E-state index contributed by atoms with van der Waals surface area (Å²) in [6, 6.07) is 12.0. The molecule has 17 heavy (non-hydrogen) atoms. The molecule has 0 atom stereocenters. The Morgan fingerprint density at radius 2 is 1.59 bits per heavy atom. The predicted octanol–water partition coefficient (Wildman–Crippen LogP) is 3.61. The Morgan fingerprint density at radius 1 is 0.941 bits per heavy atom. The fraction of sp³-hybridized carbons (Fsp3) is 0.133. The summed E-state index contributed by atoms with van der Waals surface area (Å²) in [7, 11) is 0. The first-order valence-corrected chi connectivity index (χ1v) is 5.62. The standard InChI is InChI=1S/C15H16N2/c1-11(13-6-8-17-9-7-13)12(2)14-4-3-5-15(16)10-14/h3-10H,16H2,1-2H3/b12-11-. The van der Waals surface area contributed by atoms with Crippen LogP contribution in [0.1, 0.15) is 25.0 Å². The summed E-state index contributed by atoms with van der Waals surface area (Å²) < 4.78 is 0. The maximum Gasteiger partial charge on any atom is 0.0320 e. The molecule has 0 aliphatic carbocycles. The Kier molecular flexibility index (Phi) is 3.24. The number of nitrogens with zero attached hydrogens (tertiary/aromatic N) is 1. The fourth-order valence-corrected chi connectivity index (χ4v) is 1.81. The van der Waals surface area contributed by atoms with Crippen molar-refractivity contribution in [2.75, 3.05) is 5.73 Å². The average molecular weight is 224 g/mol. The van der Waals surface area contributed by atoms with Crippen LogP contribution in [0.15, 0.2) is 48.8 Å². The molecule has 0 bridgehead atoms. The number of pyridine rings is 1. The van der Waals surface area contributed by atoms with E-state index in [4.69, 9.17) is 5.73 Å². The second-order valence-electron chi connectivity index (χ2n) is 4.11. The molecule has 0 saturated carbocycles. The third kappa shape index (κ3) is 2.53. The fourth-order valence-electron chi connectivity index (χ4n) is 1.81. The van der Waals surface area contributed by atoms with E-state index in [1.54, 1.807) is 0 Å². The normalized spacial score (nSPS) is 12.1. The zero-order valence-corrected chi connectivity index (χ0v) is 10.1. The Bertz CT molecular complexity index is 542. The minimum Gasteiger partial charge on any atom is -0.399 e. The van der Waals surface area contributed by atoms with Gasteiger partial charge in [0.25, 0.3) is 0 Å². The molecule has 0 saturated heterocycles. The van der Waals surface area contributed by atoms with Crippen LogP contribution < -0.4 is 5.73 Å². The van der Waals surface area contributed by atoms with Gasteiger partial charge >= 0.3 is 0 Å². The average Bonchev–Trinajstić information content (AvgIpc) is 2.38. The number of aromatic nitrogens is 1. The summed E-state index contributed by atoms with van der Waals surface area (Å²) in [4.78, 5) is 4.03. The van der Waals surface area contributed by atoms with E-state index in [2.05, 4.69) is 24.9 Å². The molecule has 0 aliphatic heterocycles. The molecule has 1 aromatic carbocycles. The predicted molar refractivity (Wildman–Crippen MR) is 73.3 cm³/mol. The highest BCUT2D eigenvalue weighted by Crippen LogP contribution is 2.26. The van der Waals surface area contributed by atoms with Crippen molar-refractivity contribution in [3.63, 3.8) is 0 Å². The number of hydrogen-bond donors (Lipinski definition) is 1. The lowest BCUT2D eigenvalue weighted by Gasteiger charge is -2.09. The first kappa shape index (κ1) is 11.4. The van der Waals surface area contributed by atoms with Gasteiger partial charge in [0.15, 0.2) is 0 Å². The van der Waals surface area contributed by atoms with Crippen molar-refractivity contribution < 1.29 is 0 Å². The highest BCUT2D eigenvalue weighted by molar-refractivity contribution is 5.89. The summed E-state index contributed by atoms with van der Waals surface area (Å²) in [6.45, 7) is 4.23. The summed E-state index contributed by atoms with van der Waals surface area (Å²) in [5, 5.41) is 0. The van der Waals surface area contributed by atoms with Crippen LogP contribution >= 0.6 is 0 Å². The van der Waals surface area contributed by atoms with Gasteiger partial charge in [-0.25, -0.2) is 0 Å². The van der Waals surface area contributed by atoms with Crippen molar-refractivity contribution >= 4 is 16.8 Å². The molecule has 2 nitrogen and oxygen atoms in total. The maximum atomic E-state index is 5.80. The minimum absolute atomic E-state index is 0.796. The molecule has 0 radical (unpaired) electrons. The smallest absolute Gasteiger partial charge is 0.0320 e. The molecule has 1 heterocycles. The third-order valence-electron chi connectivity index (χ3n) is 3.00. The molecule has 2 aromatic rings. The second-order valence-corrected chi connectivity index (χ2v) is 4.11. The maximum absolute atomic E-state index is 5.80. The molecule has 0 aliphatic rings. The van der Waals surface area contributed by atoms with E-state index in [1.807, 2.05) is 42.7 Å². The lowest BCUT2D eigenvalue weighted by molar-refractivity contribution is 1.31. The first-order valence-electron chi connectivity index (χ1n) is 5.62. The number of allylic oxidation sites excluding steroid dienone is 2. The molecule has 0 spiro atoms. The van der Waals surface area contributed by atoms with Gasteiger partial charge in [0.1, 0.15) is 0 Å². The van der Waals surface area contributed by atoms with E-state index in [9.17, 15) is 0 Å². The van der Waals surface area contributed by atoms with E-state index >= 15 is 0 Å². The minimum atomic E-state index is 0.796. The SMILES string of the molecule is C/C(=C(\C)c1cccc(N)c1)c1ccncc1. The van der Waals surface area contributed by atoms with Crippen molar-refractivity contribution in [3.05, 3.63) is 59.9 Å². The van der Waals surface area contributed by atoms with Crippen molar-refractivity contribution in [3.8, 4) is 0 Å². The summed E-state index contributed by atoms with van der Waals surface area (Å²) in [5.74, 6) is 0. The Labute approximate surface area is 102 Å². The van der Waals surface area contributed by atoms with Gasteiger partial charge < -0.3 is 5.73 Å². The van der Waals surface area contributed by atoms with Gasteiger partial charge in [-0.05, 0) is 60.4 Å². The number of anilines is 1. The second kappa shape index (κ2) is 4.83. The number of nitrogens with two attached hydrogens (primary N) is 1. The van der Waals surface area contributed by atoms with Crippen LogP contribution in [0.4, 0.5) is 5.69 Å². The van der Waals surface area contributed by atoms with E-state index in [-0.39, 0.29) is 0 Å². The van der Waals surface area contributed by atoms with Crippen molar-refractivity contribution in [1.29, 1.82) is 0 Å². The molecule has 0 amide bonds. The Morgan fingerprint density at radius 3 is 2.24 bits per heavy atom. The number of nitrogen functional groups attached to an aromatic ring is 1. The highest BCUT2D eigenvalue weighted by Gasteiger charge is 2.03. The molecule has 0 unspecified atom stereocenters. The summed E-state index contributed by atoms with van der Waals surface area (Å²) in [5.41, 5.74) is 11.4. The number of rotatable bonds is 2. The molecule has 2 heteroatoms. The van der Waals surface area contributed by atoms with Crippen LogP contribution in [-0.4, -0.2) is 4.98 Å². The molecular weight excluding hydrogens is 208 g/mol. The lowest BCUT2D eigenvalue weighted by atomic mass is 9.97. The van der Waals surface area contributed by atoms with E-state index in [0.29, 0.717) is 0 Å². The summed E-state index contributed by atoms with van der Waals surface area (Å²) >= 11 is 0. The number of benzene rings is 1. The van der Waals surface area contributed by atoms with Crippen LogP contribution in [0.2, 0.25) is 0 Å². The van der Waals surface area contributed by atoms with Crippen LogP contribution in [-0.2, 0) is 0 Å². The summed E-state index contributed by atoms with van der Waals surface area (Å²) in [6.07, 6.45) is 3.62. The van der Waals surface area contributed by atoms with Gasteiger partial charge in [0, 0.05) is 18.1 Å². The van der Waals surface area contributed by atoms with Gasteiger partial charge in [0.2, 0.25) is 0 Å². The monoisotopic (exact) mass is 224 g/mol. The molecule has 2 rings (SSSR count). The molecular formula is C15H16N2. The van der Waals surface area contributed by atoms with Crippen LogP contribution in [0.25, 0.3) is 11.1 Å². The van der Waals surface area contributed by atoms with Crippen LogP contribution in [0.3, 0.4) is 0 Å². The van der Waals surface area contributed by atoms with Crippen molar-refractivity contribution in [2.24, 2.45) is 0 Å². The Balaban J connectivity index is 2.45. The molecule has 0 fully saturated rings.